The van der Waals surface area contributed by atoms with Crippen molar-refractivity contribution >= 4 is 23.0 Å². The minimum absolute atomic E-state index is 0.0511. The van der Waals surface area contributed by atoms with E-state index in [1.165, 1.54) is 0 Å². The Balaban J connectivity index is 1.60. The predicted molar refractivity (Wildman–Crippen MR) is 86.5 cm³/mol. The Morgan fingerprint density at radius 2 is 1.86 bits per heavy atom. The monoisotopic (exact) mass is 289 g/mol. The third-order valence-electron chi connectivity index (χ3n) is 4.05. The topological polar surface area (TPSA) is 48.5 Å². The van der Waals surface area contributed by atoms with Crippen molar-refractivity contribution in [3.05, 3.63) is 71.9 Å². The lowest BCUT2D eigenvalue weighted by molar-refractivity contribution is -0.146. The highest BCUT2D eigenvalue weighted by atomic mass is 16.2. The van der Waals surface area contributed by atoms with E-state index < -0.39 is 0 Å². The molecule has 1 amide bonds. The van der Waals surface area contributed by atoms with Gasteiger partial charge in [-0.1, -0.05) is 48.5 Å². The third kappa shape index (κ3) is 2.09. The normalized spacial score (nSPS) is 18.1. The molecule has 0 radical (unpaired) electrons. The summed E-state index contributed by atoms with van der Waals surface area (Å²) >= 11 is 0. The summed E-state index contributed by atoms with van der Waals surface area (Å²) in [5.74, 6) is 0.0601. The molecule has 1 aliphatic rings. The van der Waals surface area contributed by atoms with Gasteiger partial charge in [0.1, 0.15) is 0 Å². The van der Waals surface area contributed by atoms with Crippen LogP contribution in [-0.4, -0.2) is 22.1 Å². The van der Waals surface area contributed by atoms with Crippen LogP contribution in [0.25, 0.3) is 10.9 Å². The van der Waals surface area contributed by atoms with Gasteiger partial charge in [0.05, 0.1) is 18.7 Å². The van der Waals surface area contributed by atoms with Gasteiger partial charge in [0.25, 0.3) is 0 Å². The molecule has 1 N–H and O–H groups in total. The Morgan fingerprint density at radius 1 is 1.09 bits per heavy atom. The molecule has 4 nitrogen and oxygen atoms in total. The highest BCUT2D eigenvalue weighted by Gasteiger charge is 2.37. The number of aromatic nitrogens is 1. The van der Waals surface area contributed by atoms with Crippen LogP contribution in [-0.2, 0) is 4.79 Å². The van der Waals surface area contributed by atoms with E-state index in [0.29, 0.717) is 6.42 Å². The summed E-state index contributed by atoms with van der Waals surface area (Å²) < 4.78 is 0. The van der Waals surface area contributed by atoms with E-state index >= 15 is 0 Å². The Kier molecular flexibility index (Phi) is 3.00. The fourth-order valence-electron chi connectivity index (χ4n) is 2.81. The molecule has 0 spiro atoms. The first-order valence-corrected chi connectivity index (χ1v) is 7.30. The standard InChI is InChI=1S/C18H15N3O/c22-18-10-17(13-6-2-1-3-7-13)21(18)20-12-14-11-19-16-9-5-4-8-15(14)16/h1-9,11-12,17,19H,10H2. The molecular weight excluding hydrogens is 274 g/mol. The molecule has 0 bridgehead atoms. The molecule has 3 aromatic rings. The number of carbonyl (C=O) groups is 1. The summed E-state index contributed by atoms with van der Waals surface area (Å²) in [4.78, 5) is 15.0. The fourth-order valence-corrected chi connectivity index (χ4v) is 2.81. The highest BCUT2D eigenvalue weighted by Crippen LogP contribution is 2.34. The first-order valence-electron chi connectivity index (χ1n) is 7.30. The predicted octanol–water partition coefficient (Wildman–Crippen LogP) is 3.48. The second-order valence-corrected chi connectivity index (χ2v) is 5.40. The third-order valence-corrected chi connectivity index (χ3v) is 4.05. The van der Waals surface area contributed by atoms with E-state index in [0.717, 1.165) is 22.0 Å². The number of β-lactam (4-membered cyclic amide) rings is 1. The van der Waals surface area contributed by atoms with Crippen molar-refractivity contribution in [1.29, 1.82) is 0 Å². The number of hydrazone groups is 1. The second kappa shape index (κ2) is 5.15. The molecule has 1 fully saturated rings. The fraction of sp³-hybridized carbons (Fsp3) is 0.111. The summed E-state index contributed by atoms with van der Waals surface area (Å²) in [6.07, 6.45) is 4.19. The molecule has 4 rings (SSSR count). The van der Waals surface area contributed by atoms with Gasteiger partial charge in [-0.2, -0.15) is 5.10 Å². The second-order valence-electron chi connectivity index (χ2n) is 5.40. The molecule has 4 heteroatoms. The molecule has 1 atom stereocenters. The zero-order chi connectivity index (χ0) is 14.9. The maximum Gasteiger partial charge on any atom is 0.245 e. The zero-order valence-corrected chi connectivity index (χ0v) is 11.9. The Hall–Kier alpha value is -2.88. The molecule has 2 aromatic carbocycles. The van der Waals surface area contributed by atoms with Gasteiger partial charge in [-0.3, -0.25) is 4.79 Å². The van der Waals surface area contributed by atoms with Crippen LogP contribution in [0.4, 0.5) is 0 Å². The Morgan fingerprint density at radius 3 is 2.68 bits per heavy atom. The molecule has 1 unspecified atom stereocenters. The van der Waals surface area contributed by atoms with Gasteiger partial charge in [0.15, 0.2) is 0 Å². The summed E-state index contributed by atoms with van der Waals surface area (Å²) in [5.41, 5.74) is 3.18. The van der Waals surface area contributed by atoms with Gasteiger partial charge in [-0.25, -0.2) is 5.01 Å². The van der Waals surface area contributed by atoms with Gasteiger partial charge in [0, 0.05) is 22.7 Å². The minimum atomic E-state index is 0.0511. The Bertz CT molecular complexity index is 851. The number of benzene rings is 2. The maximum absolute atomic E-state index is 11.8. The van der Waals surface area contributed by atoms with E-state index in [9.17, 15) is 4.79 Å². The summed E-state index contributed by atoms with van der Waals surface area (Å²) in [5, 5.41) is 7.07. The largest absolute Gasteiger partial charge is 0.361 e. The van der Waals surface area contributed by atoms with Gasteiger partial charge in [0.2, 0.25) is 5.91 Å². The SMILES string of the molecule is O=C1CC(c2ccccc2)N1N=Cc1c[nH]c2ccccc12. The number of H-pyrrole nitrogens is 1. The van der Waals surface area contributed by atoms with Crippen LogP contribution >= 0.6 is 0 Å². The summed E-state index contributed by atoms with van der Waals surface area (Å²) in [6, 6.07) is 18.1. The first kappa shape index (κ1) is 12.8. The van der Waals surface area contributed by atoms with Gasteiger partial charge in [-0.05, 0) is 11.6 Å². The van der Waals surface area contributed by atoms with Gasteiger partial charge >= 0.3 is 0 Å². The average Bonchev–Trinajstić information content (AvgIpc) is 2.97. The summed E-state index contributed by atoms with van der Waals surface area (Å²) in [6.45, 7) is 0. The van der Waals surface area contributed by atoms with E-state index in [1.54, 1.807) is 11.2 Å². The van der Waals surface area contributed by atoms with Crippen molar-refractivity contribution in [3.8, 4) is 0 Å². The number of amides is 1. The lowest BCUT2D eigenvalue weighted by Gasteiger charge is -2.36. The molecule has 2 heterocycles. The first-order chi connectivity index (χ1) is 10.8. The van der Waals surface area contributed by atoms with Gasteiger partial charge in [-0.15, -0.1) is 0 Å². The van der Waals surface area contributed by atoms with Crippen LogP contribution in [0.2, 0.25) is 0 Å². The number of aromatic amines is 1. The average molecular weight is 289 g/mol. The van der Waals surface area contributed by atoms with Crippen molar-refractivity contribution in [2.45, 2.75) is 12.5 Å². The van der Waals surface area contributed by atoms with E-state index in [-0.39, 0.29) is 11.9 Å². The molecular formula is C18H15N3O. The number of nitrogens with zero attached hydrogens (tertiary/aromatic N) is 2. The lowest BCUT2D eigenvalue weighted by atomic mass is 9.96. The van der Waals surface area contributed by atoms with Crippen molar-refractivity contribution < 1.29 is 4.79 Å². The number of carbonyl (C=O) groups excluding carboxylic acids is 1. The lowest BCUT2D eigenvalue weighted by Crippen LogP contribution is -2.42. The molecule has 1 aromatic heterocycles. The maximum atomic E-state index is 11.8. The molecule has 0 saturated carbocycles. The van der Waals surface area contributed by atoms with Crippen molar-refractivity contribution in [1.82, 2.24) is 9.99 Å². The molecule has 1 aliphatic heterocycles. The number of nitrogens with one attached hydrogen (secondary N) is 1. The van der Waals surface area contributed by atoms with Crippen molar-refractivity contribution in [3.63, 3.8) is 0 Å². The van der Waals surface area contributed by atoms with Crippen molar-refractivity contribution in [2.75, 3.05) is 0 Å². The molecule has 0 aliphatic carbocycles. The van der Waals surface area contributed by atoms with Crippen LogP contribution in [0.5, 0.6) is 0 Å². The van der Waals surface area contributed by atoms with E-state index in [4.69, 9.17) is 0 Å². The smallest absolute Gasteiger partial charge is 0.245 e. The van der Waals surface area contributed by atoms with Crippen LogP contribution in [0, 0.1) is 0 Å². The number of hydrogen-bond donors (Lipinski definition) is 1. The number of hydrogen-bond acceptors (Lipinski definition) is 2. The van der Waals surface area contributed by atoms with E-state index in [2.05, 4.69) is 10.1 Å². The van der Waals surface area contributed by atoms with Crippen LogP contribution in [0.15, 0.2) is 65.9 Å². The zero-order valence-electron chi connectivity index (χ0n) is 11.9. The van der Waals surface area contributed by atoms with Gasteiger partial charge < -0.3 is 4.98 Å². The molecule has 108 valence electrons. The van der Waals surface area contributed by atoms with Crippen LogP contribution in [0.3, 0.4) is 0 Å². The molecule has 22 heavy (non-hydrogen) atoms. The number of rotatable bonds is 3. The minimum Gasteiger partial charge on any atom is -0.361 e. The van der Waals surface area contributed by atoms with Crippen LogP contribution < -0.4 is 0 Å². The number of para-hydroxylation sites is 1. The van der Waals surface area contributed by atoms with Crippen LogP contribution in [0.1, 0.15) is 23.6 Å². The van der Waals surface area contributed by atoms with E-state index in [1.807, 2.05) is 60.8 Å². The quantitative estimate of drug-likeness (QED) is 0.582. The summed E-state index contributed by atoms with van der Waals surface area (Å²) in [7, 11) is 0. The Labute approximate surface area is 128 Å². The van der Waals surface area contributed by atoms with Crippen molar-refractivity contribution in [2.24, 2.45) is 5.10 Å². The molecule has 1 saturated heterocycles. The number of fused-ring (bicyclic) bond motifs is 1. The highest BCUT2D eigenvalue weighted by molar-refractivity contribution is 5.99.